The molecule has 25 heavy (non-hydrogen) atoms. The van der Waals surface area contributed by atoms with Gasteiger partial charge in [-0.1, -0.05) is 12.1 Å². The Balaban J connectivity index is 2.13. The molecule has 0 atom stereocenters. The van der Waals surface area contributed by atoms with Crippen LogP contribution in [0.4, 0.5) is 5.69 Å². The monoisotopic (exact) mass is 371 g/mol. The number of hydrogen-bond acceptors (Lipinski definition) is 5. The third-order valence-electron chi connectivity index (χ3n) is 3.93. The molecule has 0 spiro atoms. The number of anilines is 1. The topological polar surface area (TPSA) is 46.6 Å². The predicted molar refractivity (Wildman–Crippen MR) is 103 cm³/mol. The third-order valence-corrected chi connectivity index (χ3v) is 5.48. The van der Waals surface area contributed by atoms with Gasteiger partial charge < -0.3 is 4.74 Å². The van der Waals surface area contributed by atoms with Gasteiger partial charge in [0.05, 0.1) is 23.9 Å². The lowest BCUT2D eigenvalue weighted by Crippen LogP contribution is -2.24. The van der Waals surface area contributed by atoms with Crippen molar-refractivity contribution in [1.29, 1.82) is 0 Å². The molecule has 128 valence electrons. The fourth-order valence-electron chi connectivity index (χ4n) is 2.76. The standard InChI is InChI=1S/C19H17NO3S2/c1-12-17(19(22)23-2)16(11-15-8-5-9-25-15)18(21)20(12)13-6-4-7-14(10-13)24-3/h4-11H,1-3H3. The van der Waals surface area contributed by atoms with Crippen molar-refractivity contribution in [2.75, 3.05) is 18.3 Å². The van der Waals surface area contributed by atoms with E-state index in [-0.39, 0.29) is 5.91 Å². The van der Waals surface area contributed by atoms with Gasteiger partial charge in [0.15, 0.2) is 0 Å². The molecule has 1 aliphatic heterocycles. The highest BCUT2D eigenvalue weighted by molar-refractivity contribution is 7.98. The lowest BCUT2D eigenvalue weighted by Gasteiger charge is -2.18. The minimum atomic E-state index is -0.503. The summed E-state index contributed by atoms with van der Waals surface area (Å²) in [6, 6.07) is 11.5. The first kappa shape index (κ1) is 17.5. The molecule has 2 heterocycles. The van der Waals surface area contributed by atoms with Crippen molar-refractivity contribution in [2.45, 2.75) is 11.8 Å². The van der Waals surface area contributed by atoms with Crippen molar-refractivity contribution in [3.8, 4) is 0 Å². The number of carbonyl (C=O) groups is 2. The minimum Gasteiger partial charge on any atom is -0.465 e. The van der Waals surface area contributed by atoms with E-state index >= 15 is 0 Å². The van der Waals surface area contributed by atoms with Gasteiger partial charge in [0, 0.05) is 15.5 Å². The molecule has 0 saturated carbocycles. The van der Waals surface area contributed by atoms with Gasteiger partial charge in [-0.15, -0.1) is 23.1 Å². The van der Waals surface area contributed by atoms with Gasteiger partial charge in [-0.05, 0) is 48.9 Å². The number of amides is 1. The fourth-order valence-corrected chi connectivity index (χ4v) is 3.87. The number of methoxy groups -OCH3 is 1. The van der Waals surface area contributed by atoms with Crippen LogP contribution >= 0.6 is 23.1 Å². The van der Waals surface area contributed by atoms with Crippen molar-refractivity contribution in [1.82, 2.24) is 0 Å². The summed E-state index contributed by atoms with van der Waals surface area (Å²) in [5.41, 5.74) is 2.00. The van der Waals surface area contributed by atoms with E-state index in [0.717, 1.165) is 15.5 Å². The highest BCUT2D eigenvalue weighted by Gasteiger charge is 2.38. The summed E-state index contributed by atoms with van der Waals surface area (Å²) < 4.78 is 4.91. The molecule has 0 fully saturated rings. The van der Waals surface area contributed by atoms with E-state index in [4.69, 9.17) is 4.74 Å². The maximum atomic E-state index is 13.1. The van der Waals surface area contributed by atoms with Crippen molar-refractivity contribution < 1.29 is 14.3 Å². The van der Waals surface area contributed by atoms with Crippen molar-refractivity contribution in [3.05, 3.63) is 63.5 Å². The lowest BCUT2D eigenvalue weighted by molar-refractivity contribution is -0.136. The van der Waals surface area contributed by atoms with E-state index in [0.29, 0.717) is 16.8 Å². The van der Waals surface area contributed by atoms with Gasteiger partial charge in [0.2, 0.25) is 0 Å². The Kier molecular flexibility index (Phi) is 5.11. The molecule has 6 heteroatoms. The Labute approximate surface area is 154 Å². The second-order valence-corrected chi connectivity index (χ2v) is 7.23. The van der Waals surface area contributed by atoms with Crippen molar-refractivity contribution >= 4 is 46.7 Å². The first-order valence-corrected chi connectivity index (χ1v) is 9.70. The molecule has 3 rings (SSSR count). The molecule has 4 nitrogen and oxygen atoms in total. The number of nitrogens with zero attached hydrogens (tertiary/aromatic N) is 1. The predicted octanol–water partition coefficient (Wildman–Crippen LogP) is 4.35. The average molecular weight is 371 g/mol. The summed E-state index contributed by atoms with van der Waals surface area (Å²) in [4.78, 5) is 28.9. The molecule has 0 unspecified atom stereocenters. The van der Waals surface area contributed by atoms with Crippen molar-refractivity contribution in [3.63, 3.8) is 0 Å². The molecule has 1 amide bonds. The Hall–Kier alpha value is -2.31. The lowest BCUT2D eigenvalue weighted by atomic mass is 10.1. The van der Waals surface area contributed by atoms with Crippen LogP contribution in [0.15, 0.2) is 63.5 Å². The first-order valence-electron chi connectivity index (χ1n) is 7.60. The Morgan fingerprint density at radius 2 is 2.08 bits per heavy atom. The maximum Gasteiger partial charge on any atom is 0.340 e. The minimum absolute atomic E-state index is 0.218. The van der Waals surface area contributed by atoms with E-state index < -0.39 is 5.97 Å². The summed E-state index contributed by atoms with van der Waals surface area (Å²) in [7, 11) is 1.33. The highest BCUT2D eigenvalue weighted by Crippen LogP contribution is 2.36. The Morgan fingerprint density at radius 1 is 1.28 bits per heavy atom. The van der Waals surface area contributed by atoms with E-state index in [1.807, 2.05) is 48.0 Å². The zero-order valence-corrected chi connectivity index (χ0v) is 15.7. The molecular weight excluding hydrogens is 354 g/mol. The molecule has 0 aliphatic carbocycles. The number of carbonyl (C=O) groups excluding carboxylic acids is 2. The molecule has 1 aromatic heterocycles. The quantitative estimate of drug-likeness (QED) is 0.455. The Bertz CT molecular complexity index is 882. The van der Waals surface area contributed by atoms with E-state index in [2.05, 4.69) is 0 Å². The number of benzene rings is 1. The largest absolute Gasteiger partial charge is 0.465 e. The van der Waals surface area contributed by atoms with Crippen molar-refractivity contribution in [2.24, 2.45) is 0 Å². The average Bonchev–Trinajstić information content (AvgIpc) is 3.22. The number of ether oxygens (including phenoxy) is 1. The van der Waals surface area contributed by atoms with E-state index in [1.165, 1.54) is 18.4 Å². The van der Waals surface area contributed by atoms with Crippen LogP contribution < -0.4 is 4.90 Å². The van der Waals surface area contributed by atoms with Crippen LogP contribution in [-0.4, -0.2) is 25.2 Å². The van der Waals surface area contributed by atoms with Gasteiger partial charge >= 0.3 is 5.97 Å². The molecule has 0 saturated heterocycles. The molecule has 0 N–H and O–H groups in total. The van der Waals surface area contributed by atoms with Crippen LogP contribution in [0.3, 0.4) is 0 Å². The number of thioether (sulfide) groups is 1. The Morgan fingerprint density at radius 3 is 2.72 bits per heavy atom. The summed E-state index contributed by atoms with van der Waals surface area (Å²) in [5, 5.41) is 1.93. The smallest absolute Gasteiger partial charge is 0.340 e. The first-order chi connectivity index (χ1) is 12.1. The van der Waals surface area contributed by atoms with Gasteiger partial charge in [-0.2, -0.15) is 0 Å². The summed E-state index contributed by atoms with van der Waals surface area (Å²) in [6.07, 6.45) is 3.73. The van der Waals surface area contributed by atoms with Crippen LogP contribution in [0.5, 0.6) is 0 Å². The fraction of sp³-hybridized carbons (Fsp3) is 0.158. The van der Waals surface area contributed by atoms with Gasteiger partial charge in [-0.3, -0.25) is 9.69 Å². The molecule has 2 aromatic rings. The van der Waals surface area contributed by atoms with E-state index in [1.54, 1.807) is 29.7 Å². The number of allylic oxidation sites excluding steroid dienone is 1. The maximum absolute atomic E-state index is 13.1. The second kappa shape index (κ2) is 7.29. The van der Waals surface area contributed by atoms with Crippen LogP contribution in [0.1, 0.15) is 11.8 Å². The van der Waals surface area contributed by atoms with Gasteiger partial charge in [0.1, 0.15) is 0 Å². The second-order valence-electron chi connectivity index (χ2n) is 5.37. The van der Waals surface area contributed by atoms with Crippen LogP contribution in [0.2, 0.25) is 0 Å². The van der Waals surface area contributed by atoms with Gasteiger partial charge in [-0.25, -0.2) is 4.79 Å². The number of hydrogen-bond donors (Lipinski definition) is 0. The highest BCUT2D eigenvalue weighted by atomic mass is 32.2. The number of rotatable bonds is 4. The molecule has 0 radical (unpaired) electrons. The molecule has 1 aromatic carbocycles. The SMILES string of the molecule is COC(=O)C1=C(C)N(c2cccc(SC)c2)C(=O)C1=Cc1cccs1. The third kappa shape index (κ3) is 3.27. The number of esters is 1. The van der Waals surface area contributed by atoms with Crippen LogP contribution in [-0.2, 0) is 14.3 Å². The zero-order chi connectivity index (χ0) is 18.0. The van der Waals surface area contributed by atoms with E-state index in [9.17, 15) is 9.59 Å². The molecule has 1 aliphatic rings. The van der Waals surface area contributed by atoms with Crippen LogP contribution in [0.25, 0.3) is 6.08 Å². The molecule has 0 bridgehead atoms. The normalized spacial score (nSPS) is 16.0. The zero-order valence-electron chi connectivity index (χ0n) is 14.1. The molecular formula is C19H17NO3S2. The summed E-state index contributed by atoms with van der Waals surface area (Å²) in [5.74, 6) is -0.721. The summed E-state index contributed by atoms with van der Waals surface area (Å²) in [6.45, 7) is 1.77. The summed E-state index contributed by atoms with van der Waals surface area (Å²) >= 11 is 3.11. The van der Waals surface area contributed by atoms with Gasteiger partial charge in [0.25, 0.3) is 5.91 Å². The number of thiophene rings is 1. The van der Waals surface area contributed by atoms with Crippen LogP contribution in [0, 0.1) is 0 Å².